The van der Waals surface area contributed by atoms with E-state index in [1.165, 1.54) is 47.0 Å². The number of sulfonamides is 1. The molecular weight excluding hydrogens is 513 g/mol. The van der Waals surface area contributed by atoms with Crippen LogP contribution in [0.4, 0.5) is 0 Å². The Bertz CT molecular complexity index is 1530. The van der Waals surface area contributed by atoms with Crippen molar-refractivity contribution in [2.45, 2.75) is 24.9 Å². The SMILES string of the molecule is CCn1c(=NC(=O)c2ccc(S(=O)(=O)N(C)Cc3ccccc3)cc2)sc2c(Cl)ccc(Cl)c21. The number of rotatable bonds is 6. The molecule has 176 valence electrons. The van der Waals surface area contributed by atoms with Crippen molar-refractivity contribution in [3.63, 3.8) is 0 Å². The molecule has 0 aliphatic carbocycles. The van der Waals surface area contributed by atoms with Crippen molar-refractivity contribution in [1.29, 1.82) is 0 Å². The Morgan fingerprint density at radius 3 is 2.29 bits per heavy atom. The number of aryl methyl sites for hydroxylation is 1. The van der Waals surface area contributed by atoms with Gasteiger partial charge in [0.15, 0.2) is 4.80 Å². The molecule has 0 aliphatic rings. The van der Waals surface area contributed by atoms with Crippen LogP contribution in [0, 0.1) is 0 Å². The predicted octanol–water partition coefficient (Wildman–Crippen LogP) is 5.59. The second kappa shape index (κ2) is 10.0. The summed E-state index contributed by atoms with van der Waals surface area (Å²) in [5.74, 6) is -0.484. The van der Waals surface area contributed by atoms with E-state index in [2.05, 4.69) is 4.99 Å². The second-order valence-corrected chi connectivity index (χ2v) is 11.4. The third-order valence-electron chi connectivity index (χ3n) is 5.30. The van der Waals surface area contributed by atoms with Crippen LogP contribution in [0.2, 0.25) is 10.0 Å². The molecule has 0 bridgehead atoms. The number of carbonyl (C=O) groups is 1. The van der Waals surface area contributed by atoms with E-state index >= 15 is 0 Å². The maximum atomic E-state index is 12.9. The fraction of sp³-hybridized carbons (Fsp3) is 0.167. The molecule has 3 aromatic carbocycles. The van der Waals surface area contributed by atoms with Crippen LogP contribution in [0.15, 0.2) is 76.6 Å². The van der Waals surface area contributed by atoms with Gasteiger partial charge in [0.25, 0.3) is 5.91 Å². The third kappa shape index (κ3) is 4.82. The van der Waals surface area contributed by atoms with Gasteiger partial charge in [0.1, 0.15) is 0 Å². The highest BCUT2D eigenvalue weighted by Gasteiger charge is 2.21. The van der Waals surface area contributed by atoms with Gasteiger partial charge >= 0.3 is 0 Å². The summed E-state index contributed by atoms with van der Waals surface area (Å²) in [6, 6.07) is 18.5. The number of amides is 1. The molecule has 0 unspecified atom stereocenters. The lowest BCUT2D eigenvalue weighted by atomic mass is 10.2. The Balaban J connectivity index is 1.62. The molecule has 0 fully saturated rings. The summed E-state index contributed by atoms with van der Waals surface area (Å²) in [7, 11) is -2.19. The van der Waals surface area contributed by atoms with Crippen LogP contribution >= 0.6 is 34.5 Å². The third-order valence-corrected chi connectivity index (χ3v) is 8.96. The van der Waals surface area contributed by atoms with Crippen molar-refractivity contribution in [3.8, 4) is 0 Å². The van der Waals surface area contributed by atoms with Gasteiger partial charge in [-0.3, -0.25) is 4.79 Å². The number of hydrogen-bond donors (Lipinski definition) is 0. The molecule has 0 saturated carbocycles. The summed E-state index contributed by atoms with van der Waals surface area (Å²) >= 11 is 13.9. The first-order valence-corrected chi connectivity index (χ1v) is 13.4. The molecule has 1 heterocycles. The van der Waals surface area contributed by atoms with Crippen molar-refractivity contribution in [3.05, 3.63) is 92.7 Å². The van der Waals surface area contributed by atoms with Gasteiger partial charge in [-0.15, -0.1) is 0 Å². The molecule has 0 atom stereocenters. The maximum absolute atomic E-state index is 12.9. The smallest absolute Gasteiger partial charge is 0.279 e. The molecule has 34 heavy (non-hydrogen) atoms. The lowest BCUT2D eigenvalue weighted by Gasteiger charge is -2.17. The zero-order valence-corrected chi connectivity index (χ0v) is 21.5. The molecule has 6 nitrogen and oxygen atoms in total. The van der Waals surface area contributed by atoms with Crippen LogP contribution in [-0.2, 0) is 23.1 Å². The fourth-order valence-corrected chi connectivity index (χ4v) is 6.38. The molecule has 0 aliphatic heterocycles. The van der Waals surface area contributed by atoms with E-state index in [0.717, 1.165) is 15.8 Å². The molecular formula is C24H21Cl2N3O3S2. The van der Waals surface area contributed by atoms with Gasteiger partial charge in [0.2, 0.25) is 10.0 Å². The van der Waals surface area contributed by atoms with E-state index in [0.29, 0.717) is 21.4 Å². The lowest BCUT2D eigenvalue weighted by Crippen LogP contribution is -2.26. The molecule has 4 aromatic rings. The highest BCUT2D eigenvalue weighted by atomic mass is 35.5. The number of hydrogen-bond acceptors (Lipinski definition) is 4. The van der Waals surface area contributed by atoms with Crippen molar-refractivity contribution in [2.75, 3.05) is 7.05 Å². The Kier molecular flexibility index (Phi) is 7.25. The summed E-state index contributed by atoms with van der Waals surface area (Å²) in [6.07, 6.45) is 0. The molecule has 4 rings (SSSR count). The van der Waals surface area contributed by atoms with E-state index in [4.69, 9.17) is 23.2 Å². The Labute approximate surface area is 211 Å². The van der Waals surface area contributed by atoms with Gasteiger partial charge in [0.05, 0.1) is 25.2 Å². The van der Waals surface area contributed by atoms with Gasteiger partial charge in [-0.05, 0) is 48.9 Å². The topological polar surface area (TPSA) is 71.7 Å². The first kappa shape index (κ1) is 24.6. The minimum Gasteiger partial charge on any atom is -0.315 e. The van der Waals surface area contributed by atoms with Crippen molar-refractivity contribution < 1.29 is 13.2 Å². The monoisotopic (exact) mass is 533 g/mol. The predicted molar refractivity (Wildman–Crippen MR) is 137 cm³/mol. The molecule has 0 saturated heterocycles. The standard InChI is InChI=1S/C24H21Cl2N3O3S2/c1-3-29-21-19(25)13-14-20(26)22(21)33-24(29)27-23(30)17-9-11-18(12-10-17)34(31,32)28(2)15-16-7-5-4-6-8-16/h4-14H,3,15H2,1-2H3. The Hall–Kier alpha value is -2.49. The van der Waals surface area contributed by atoms with Crippen LogP contribution in [-0.4, -0.2) is 30.2 Å². The number of benzene rings is 3. The first-order chi connectivity index (χ1) is 16.2. The van der Waals surface area contributed by atoms with Crippen LogP contribution < -0.4 is 4.80 Å². The van der Waals surface area contributed by atoms with E-state index in [1.54, 1.807) is 12.1 Å². The van der Waals surface area contributed by atoms with Crippen LogP contribution in [0.3, 0.4) is 0 Å². The maximum Gasteiger partial charge on any atom is 0.279 e. The minimum absolute atomic E-state index is 0.103. The molecule has 0 radical (unpaired) electrons. The van der Waals surface area contributed by atoms with Crippen molar-refractivity contribution in [1.82, 2.24) is 8.87 Å². The van der Waals surface area contributed by atoms with Crippen molar-refractivity contribution >= 4 is 60.7 Å². The van der Waals surface area contributed by atoms with Gasteiger partial charge in [-0.1, -0.05) is 64.9 Å². The Morgan fingerprint density at radius 1 is 1.00 bits per heavy atom. The first-order valence-electron chi connectivity index (χ1n) is 10.4. The summed E-state index contributed by atoms with van der Waals surface area (Å²) < 4.78 is 29.8. The van der Waals surface area contributed by atoms with Crippen molar-refractivity contribution in [2.24, 2.45) is 4.99 Å². The average molecular weight is 534 g/mol. The van der Waals surface area contributed by atoms with Crippen LogP contribution in [0.1, 0.15) is 22.8 Å². The van der Waals surface area contributed by atoms with Crippen LogP contribution in [0.5, 0.6) is 0 Å². The largest absolute Gasteiger partial charge is 0.315 e. The number of fused-ring (bicyclic) bond motifs is 1. The van der Waals surface area contributed by atoms with E-state index in [-0.39, 0.29) is 17.0 Å². The number of nitrogens with zero attached hydrogens (tertiary/aromatic N) is 3. The van der Waals surface area contributed by atoms with E-state index in [9.17, 15) is 13.2 Å². The second-order valence-electron chi connectivity index (χ2n) is 7.52. The normalized spacial score (nSPS) is 12.6. The van der Waals surface area contributed by atoms with Gasteiger partial charge in [-0.25, -0.2) is 8.42 Å². The van der Waals surface area contributed by atoms with Gasteiger partial charge < -0.3 is 4.57 Å². The molecule has 0 spiro atoms. The quantitative estimate of drug-likeness (QED) is 0.324. The number of halogens is 2. The summed E-state index contributed by atoms with van der Waals surface area (Å²) in [5.41, 5.74) is 1.89. The van der Waals surface area contributed by atoms with E-state index < -0.39 is 15.9 Å². The zero-order valence-electron chi connectivity index (χ0n) is 18.4. The zero-order chi connectivity index (χ0) is 24.5. The van der Waals surface area contributed by atoms with E-state index in [1.807, 2.05) is 41.8 Å². The van der Waals surface area contributed by atoms with Gasteiger partial charge in [0, 0.05) is 25.7 Å². The number of thiazole rings is 1. The highest BCUT2D eigenvalue weighted by molar-refractivity contribution is 7.89. The van der Waals surface area contributed by atoms with Crippen LogP contribution in [0.25, 0.3) is 10.2 Å². The summed E-state index contributed by atoms with van der Waals surface area (Å²) in [6.45, 7) is 2.73. The molecule has 0 N–H and O–H groups in total. The number of carbonyl (C=O) groups excluding carboxylic acids is 1. The molecule has 1 amide bonds. The number of aromatic nitrogens is 1. The minimum atomic E-state index is -3.72. The Morgan fingerprint density at radius 2 is 1.65 bits per heavy atom. The molecule has 1 aromatic heterocycles. The van der Waals surface area contributed by atoms with Gasteiger partial charge in [-0.2, -0.15) is 9.30 Å². The summed E-state index contributed by atoms with van der Waals surface area (Å²) in [4.78, 5) is 17.7. The lowest BCUT2D eigenvalue weighted by molar-refractivity contribution is 0.0997. The highest BCUT2D eigenvalue weighted by Crippen LogP contribution is 2.31. The fourth-order valence-electron chi connectivity index (χ4n) is 3.52. The average Bonchev–Trinajstić information content (AvgIpc) is 3.21. The summed E-state index contributed by atoms with van der Waals surface area (Å²) in [5, 5.41) is 1.07. The molecule has 10 heteroatoms.